The lowest BCUT2D eigenvalue weighted by molar-refractivity contribution is -0.725. The van der Waals surface area contributed by atoms with Crippen LogP contribution in [0.15, 0.2) is 18.7 Å². The number of imidazole rings is 1. The first-order valence-corrected chi connectivity index (χ1v) is 4.29. The molecule has 70 valence electrons. The monoisotopic (exact) mass is 188 g/mol. The van der Waals surface area contributed by atoms with E-state index in [0.29, 0.717) is 6.04 Å². The maximum absolute atomic E-state index is 3.05. The van der Waals surface area contributed by atoms with E-state index < -0.39 is 0 Å². The summed E-state index contributed by atoms with van der Waals surface area (Å²) in [5.41, 5.74) is 0. The first kappa shape index (κ1) is 11.5. The number of halogens is 1. The van der Waals surface area contributed by atoms with Crippen molar-refractivity contribution in [1.82, 2.24) is 4.98 Å². The van der Waals surface area contributed by atoms with Gasteiger partial charge < -0.3 is 12.4 Å². The Hall–Kier alpha value is -0.500. The Morgan fingerprint density at radius 2 is 2.08 bits per heavy atom. The molecule has 0 aromatic carbocycles. The molecule has 0 bridgehead atoms. The Balaban J connectivity index is 0.00000121. The molecule has 12 heavy (non-hydrogen) atoms. The Labute approximate surface area is 80.4 Å². The van der Waals surface area contributed by atoms with E-state index in [0.717, 1.165) is 5.92 Å². The molecule has 0 saturated heterocycles. The van der Waals surface area contributed by atoms with E-state index in [1.165, 1.54) is 6.42 Å². The lowest BCUT2D eigenvalue weighted by atomic mass is 10.0. The Morgan fingerprint density at radius 1 is 1.42 bits per heavy atom. The molecule has 3 heteroatoms. The number of rotatable bonds is 3. The van der Waals surface area contributed by atoms with Gasteiger partial charge in [-0.05, 0) is 19.3 Å². The van der Waals surface area contributed by atoms with Gasteiger partial charge in [0.15, 0.2) is 0 Å². The van der Waals surface area contributed by atoms with Crippen molar-refractivity contribution in [2.45, 2.75) is 33.2 Å². The highest BCUT2D eigenvalue weighted by molar-refractivity contribution is 4.60. The molecular formula is C9H17ClN2. The lowest BCUT2D eigenvalue weighted by Gasteiger charge is -2.14. The van der Waals surface area contributed by atoms with Gasteiger partial charge in [0.1, 0.15) is 18.4 Å². The molecule has 1 aromatic rings. The minimum absolute atomic E-state index is 0. The molecule has 2 nitrogen and oxygen atoms in total. The van der Waals surface area contributed by atoms with Crippen LogP contribution in [0.25, 0.3) is 0 Å². The van der Waals surface area contributed by atoms with Gasteiger partial charge in [0.2, 0.25) is 6.33 Å². The van der Waals surface area contributed by atoms with Crippen LogP contribution in [0.3, 0.4) is 0 Å². The van der Waals surface area contributed by atoms with Gasteiger partial charge in [0, 0.05) is 0 Å². The molecule has 0 amide bonds. The summed E-state index contributed by atoms with van der Waals surface area (Å²) in [4.78, 5) is 3.05. The van der Waals surface area contributed by atoms with Gasteiger partial charge in [0.25, 0.3) is 0 Å². The average Bonchev–Trinajstić information content (AvgIpc) is 2.53. The number of hydrogen-bond acceptors (Lipinski definition) is 0. The third-order valence-corrected chi connectivity index (χ3v) is 2.50. The summed E-state index contributed by atoms with van der Waals surface area (Å²) in [5, 5.41) is 0. The van der Waals surface area contributed by atoms with Crippen LogP contribution in [0.5, 0.6) is 0 Å². The van der Waals surface area contributed by atoms with Gasteiger partial charge in [-0.15, -0.1) is 0 Å². The molecule has 2 unspecified atom stereocenters. The van der Waals surface area contributed by atoms with Crippen molar-refractivity contribution in [2.75, 3.05) is 0 Å². The van der Waals surface area contributed by atoms with Crippen LogP contribution in [0.1, 0.15) is 33.2 Å². The summed E-state index contributed by atoms with van der Waals surface area (Å²) in [6, 6.07) is 0.603. The summed E-state index contributed by atoms with van der Waals surface area (Å²) in [7, 11) is 0. The third-order valence-electron chi connectivity index (χ3n) is 2.50. The third kappa shape index (κ3) is 2.52. The maximum atomic E-state index is 3.05. The number of aromatic amines is 1. The zero-order chi connectivity index (χ0) is 8.27. The van der Waals surface area contributed by atoms with Gasteiger partial charge in [0.05, 0.1) is 0 Å². The van der Waals surface area contributed by atoms with Crippen LogP contribution in [-0.4, -0.2) is 4.98 Å². The van der Waals surface area contributed by atoms with Crippen LogP contribution >= 0.6 is 0 Å². The zero-order valence-electron chi connectivity index (χ0n) is 7.92. The maximum Gasteiger partial charge on any atom is 0.241 e. The standard InChI is InChI=1S/C9H16N2.ClH/c1-4-8(2)9(3)11-6-5-10-7-11;/h5-9H,4H2,1-3H3;1H. The first-order chi connectivity index (χ1) is 5.25. The van der Waals surface area contributed by atoms with Crippen LogP contribution in [0.2, 0.25) is 0 Å². The van der Waals surface area contributed by atoms with Crippen molar-refractivity contribution in [2.24, 2.45) is 5.92 Å². The zero-order valence-corrected chi connectivity index (χ0v) is 8.67. The summed E-state index contributed by atoms with van der Waals surface area (Å²) < 4.78 is 2.22. The average molecular weight is 189 g/mol. The van der Waals surface area contributed by atoms with Crippen molar-refractivity contribution < 1.29 is 17.0 Å². The second kappa shape index (κ2) is 5.20. The summed E-state index contributed by atoms with van der Waals surface area (Å²) >= 11 is 0. The summed E-state index contributed by atoms with van der Waals surface area (Å²) in [6.07, 6.45) is 7.28. The Kier molecular flexibility index (Phi) is 4.98. The quantitative estimate of drug-likeness (QED) is 0.582. The van der Waals surface area contributed by atoms with E-state index in [1.54, 1.807) is 0 Å². The van der Waals surface area contributed by atoms with Crippen LogP contribution in [0, 0.1) is 5.92 Å². The largest absolute Gasteiger partial charge is 1.00 e. The van der Waals surface area contributed by atoms with E-state index in [4.69, 9.17) is 0 Å². The van der Waals surface area contributed by atoms with Crippen molar-refractivity contribution in [3.8, 4) is 0 Å². The molecule has 1 rings (SSSR count). The van der Waals surface area contributed by atoms with Crippen LogP contribution < -0.4 is 17.0 Å². The van der Waals surface area contributed by atoms with E-state index >= 15 is 0 Å². The van der Waals surface area contributed by atoms with E-state index in [2.05, 4.69) is 36.5 Å². The fourth-order valence-electron chi connectivity index (χ4n) is 1.19. The smallest absolute Gasteiger partial charge is 0.241 e. The molecule has 1 heterocycles. The molecule has 1 N–H and O–H groups in total. The molecular weight excluding hydrogens is 172 g/mol. The van der Waals surface area contributed by atoms with E-state index in [1.807, 2.05) is 12.5 Å². The molecule has 0 saturated carbocycles. The van der Waals surface area contributed by atoms with Gasteiger partial charge in [-0.25, -0.2) is 4.57 Å². The molecule has 2 atom stereocenters. The van der Waals surface area contributed by atoms with Crippen LogP contribution in [0.4, 0.5) is 0 Å². The van der Waals surface area contributed by atoms with Crippen molar-refractivity contribution in [1.29, 1.82) is 0 Å². The topological polar surface area (TPSA) is 19.7 Å². The second-order valence-corrected chi connectivity index (χ2v) is 3.18. The van der Waals surface area contributed by atoms with E-state index in [9.17, 15) is 0 Å². The van der Waals surface area contributed by atoms with Gasteiger partial charge in [-0.2, -0.15) is 0 Å². The van der Waals surface area contributed by atoms with Crippen molar-refractivity contribution in [3.63, 3.8) is 0 Å². The lowest BCUT2D eigenvalue weighted by Crippen LogP contribution is -3.00. The Bertz CT molecular complexity index is 196. The van der Waals surface area contributed by atoms with Crippen LogP contribution in [-0.2, 0) is 0 Å². The van der Waals surface area contributed by atoms with E-state index in [-0.39, 0.29) is 12.4 Å². The number of hydrogen-bond donors (Lipinski definition) is 1. The highest BCUT2D eigenvalue weighted by Gasteiger charge is 2.15. The predicted molar refractivity (Wildman–Crippen MR) is 45.2 cm³/mol. The minimum atomic E-state index is 0. The second-order valence-electron chi connectivity index (χ2n) is 3.18. The fraction of sp³-hybridized carbons (Fsp3) is 0.667. The predicted octanol–water partition coefficient (Wildman–Crippen LogP) is -1.09. The molecule has 0 radical (unpaired) electrons. The van der Waals surface area contributed by atoms with Crippen molar-refractivity contribution in [3.05, 3.63) is 18.7 Å². The molecule has 0 spiro atoms. The number of H-pyrrole nitrogens is 1. The first-order valence-electron chi connectivity index (χ1n) is 4.29. The van der Waals surface area contributed by atoms with Gasteiger partial charge >= 0.3 is 0 Å². The minimum Gasteiger partial charge on any atom is -1.00 e. The summed E-state index contributed by atoms with van der Waals surface area (Å²) in [6.45, 7) is 6.76. The molecule has 0 aliphatic rings. The highest BCUT2D eigenvalue weighted by atomic mass is 35.5. The Morgan fingerprint density at radius 3 is 2.50 bits per heavy atom. The normalized spacial score (nSPS) is 14.9. The van der Waals surface area contributed by atoms with Gasteiger partial charge in [-0.3, -0.25) is 4.98 Å². The highest BCUT2D eigenvalue weighted by Crippen LogP contribution is 2.13. The van der Waals surface area contributed by atoms with Gasteiger partial charge in [-0.1, -0.05) is 13.8 Å². The molecule has 0 aliphatic heterocycles. The number of aromatic nitrogens is 2. The molecule has 1 aromatic heterocycles. The number of nitrogens with one attached hydrogen (secondary N) is 1. The number of nitrogens with zero attached hydrogens (tertiary/aromatic N) is 1. The molecule has 0 aliphatic carbocycles. The summed E-state index contributed by atoms with van der Waals surface area (Å²) in [5.74, 6) is 0.746. The fourth-order valence-corrected chi connectivity index (χ4v) is 1.19. The SMILES string of the molecule is CCC(C)C(C)[n+]1cc[nH]c1.[Cl-]. The van der Waals surface area contributed by atoms with Crippen molar-refractivity contribution >= 4 is 0 Å². The molecule has 0 fully saturated rings.